The Labute approximate surface area is 228 Å². The SMILES string of the molecule is Cc1ccc(-c2c(C3c4ccccc4C(=O)N3C(C)C(=O)NCc3ccccc3)c3ccccc3n2C)cc1. The quantitative estimate of drug-likeness (QED) is 0.286. The van der Waals surface area contributed by atoms with Gasteiger partial charge < -0.3 is 14.8 Å². The molecule has 1 aromatic heterocycles. The van der Waals surface area contributed by atoms with E-state index in [-0.39, 0.29) is 11.8 Å². The number of fused-ring (bicyclic) bond motifs is 2. The molecule has 6 rings (SSSR count). The van der Waals surface area contributed by atoms with Crippen molar-refractivity contribution in [3.05, 3.63) is 131 Å². The van der Waals surface area contributed by atoms with Crippen LogP contribution in [0.3, 0.4) is 0 Å². The molecule has 5 aromatic rings. The third kappa shape index (κ3) is 4.20. The lowest BCUT2D eigenvalue weighted by atomic mass is 9.92. The maximum Gasteiger partial charge on any atom is 0.255 e. The van der Waals surface area contributed by atoms with Crippen LogP contribution >= 0.6 is 0 Å². The number of nitrogens with zero attached hydrogens (tertiary/aromatic N) is 2. The van der Waals surface area contributed by atoms with Gasteiger partial charge in [-0.1, -0.05) is 96.6 Å². The smallest absolute Gasteiger partial charge is 0.255 e. The summed E-state index contributed by atoms with van der Waals surface area (Å²) in [4.78, 5) is 29.3. The predicted octanol–water partition coefficient (Wildman–Crippen LogP) is 6.40. The lowest BCUT2D eigenvalue weighted by Crippen LogP contribution is -2.46. The molecule has 0 aliphatic carbocycles. The summed E-state index contributed by atoms with van der Waals surface area (Å²) >= 11 is 0. The van der Waals surface area contributed by atoms with Crippen LogP contribution in [0.4, 0.5) is 0 Å². The largest absolute Gasteiger partial charge is 0.350 e. The summed E-state index contributed by atoms with van der Waals surface area (Å²) < 4.78 is 2.21. The third-order valence-electron chi connectivity index (χ3n) is 7.85. The molecular formula is C34H31N3O2. The second-order valence-corrected chi connectivity index (χ2v) is 10.3. The Kier molecular flexibility index (Phi) is 6.27. The van der Waals surface area contributed by atoms with E-state index in [4.69, 9.17) is 0 Å². The first-order chi connectivity index (χ1) is 19.0. The topological polar surface area (TPSA) is 54.3 Å². The second kappa shape index (κ2) is 9.91. The van der Waals surface area contributed by atoms with Crippen molar-refractivity contribution < 1.29 is 9.59 Å². The average molecular weight is 514 g/mol. The standard InChI is InChI=1S/C34H31N3O2/c1-22-17-19-25(20-18-22)31-30(28-15-9-10-16-29(28)36(31)3)32-26-13-7-8-14-27(26)34(39)37(32)23(2)33(38)35-21-24-11-5-4-6-12-24/h4-20,23,32H,21H2,1-3H3,(H,35,38). The number of benzene rings is 4. The Morgan fingerprint density at radius 1 is 0.872 bits per heavy atom. The van der Waals surface area contributed by atoms with Gasteiger partial charge in [-0.3, -0.25) is 9.59 Å². The van der Waals surface area contributed by atoms with Gasteiger partial charge in [0.1, 0.15) is 6.04 Å². The molecule has 0 fully saturated rings. The van der Waals surface area contributed by atoms with Crippen molar-refractivity contribution in [2.45, 2.75) is 32.5 Å². The van der Waals surface area contributed by atoms with E-state index in [1.165, 1.54) is 5.56 Å². The number of carbonyl (C=O) groups is 2. The number of aromatic nitrogens is 1. The fourth-order valence-corrected chi connectivity index (χ4v) is 5.85. The fourth-order valence-electron chi connectivity index (χ4n) is 5.85. The summed E-state index contributed by atoms with van der Waals surface area (Å²) in [5.41, 5.74) is 8.02. The molecule has 2 amide bonds. The van der Waals surface area contributed by atoms with Crippen LogP contribution in [0.2, 0.25) is 0 Å². The number of hydrogen-bond acceptors (Lipinski definition) is 2. The molecule has 194 valence electrons. The van der Waals surface area contributed by atoms with Gasteiger partial charge in [0.05, 0.1) is 11.7 Å². The van der Waals surface area contributed by atoms with Gasteiger partial charge in [-0.25, -0.2) is 0 Å². The summed E-state index contributed by atoms with van der Waals surface area (Å²) in [6, 6.07) is 33.3. The molecule has 0 radical (unpaired) electrons. The van der Waals surface area contributed by atoms with Crippen molar-refractivity contribution in [2.24, 2.45) is 7.05 Å². The molecule has 39 heavy (non-hydrogen) atoms. The summed E-state index contributed by atoms with van der Waals surface area (Å²) in [5, 5.41) is 4.13. The van der Waals surface area contributed by atoms with Crippen LogP contribution < -0.4 is 5.32 Å². The van der Waals surface area contributed by atoms with Gasteiger partial charge in [0.2, 0.25) is 5.91 Å². The maximum absolute atomic E-state index is 14.0. The molecule has 0 bridgehead atoms. The molecule has 5 heteroatoms. The number of hydrogen-bond donors (Lipinski definition) is 1. The van der Waals surface area contributed by atoms with Crippen molar-refractivity contribution >= 4 is 22.7 Å². The Morgan fingerprint density at radius 2 is 1.54 bits per heavy atom. The van der Waals surface area contributed by atoms with Crippen molar-refractivity contribution in [2.75, 3.05) is 0 Å². The van der Waals surface area contributed by atoms with Crippen LogP contribution in [-0.4, -0.2) is 27.3 Å². The first-order valence-electron chi connectivity index (χ1n) is 13.3. The molecule has 1 N–H and O–H groups in total. The van der Waals surface area contributed by atoms with Crippen LogP contribution in [0, 0.1) is 6.92 Å². The van der Waals surface area contributed by atoms with Crippen molar-refractivity contribution in [1.82, 2.24) is 14.8 Å². The molecule has 4 aromatic carbocycles. The average Bonchev–Trinajstić information content (AvgIpc) is 3.43. The summed E-state index contributed by atoms with van der Waals surface area (Å²) in [6.45, 7) is 4.32. The van der Waals surface area contributed by atoms with Gasteiger partial charge >= 0.3 is 0 Å². The van der Waals surface area contributed by atoms with E-state index in [0.29, 0.717) is 12.1 Å². The normalized spacial score (nSPS) is 15.4. The third-order valence-corrected chi connectivity index (χ3v) is 7.85. The lowest BCUT2D eigenvalue weighted by molar-refractivity contribution is -0.125. The first kappa shape index (κ1) is 24.7. The van der Waals surface area contributed by atoms with E-state index in [9.17, 15) is 9.59 Å². The molecule has 0 saturated heterocycles. The van der Waals surface area contributed by atoms with Gasteiger partial charge in [0.25, 0.3) is 5.91 Å². The van der Waals surface area contributed by atoms with Gasteiger partial charge in [-0.05, 0) is 42.7 Å². The van der Waals surface area contributed by atoms with E-state index in [1.807, 2.05) is 73.7 Å². The second-order valence-electron chi connectivity index (χ2n) is 10.3. The molecule has 2 atom stereocenters. The van der Waals surface area contributed by atoms with Crippen LogP contribution in [0.25, 0.3) is 22.2 Å². The van der Waals surface area contributed by atoms with Crippen LogP contribution in [-0.2, 0) is 18.4 Å². The van der Waals surface area contributed by atoms with Crippen LogP contribution in [0.15, 0.2) is 103 Å². The van der Waals surface area contributed by atoms with Crippen molar-refractivity contribution in [1.29, 1.82) is 0 Å². The number of carbonyl (C=O) groups excluding carboxylic acids is 2. The zero-order chi connectivity index (χ0) is 27.1. The maximum atomic E-state index is 14.0. The van der Waals surface area contributed by atoms with Gasteiger partial charge in [0.15, 0.2) is 0 Å². The van der Waals surface area contributed by atoms with Crippen molar-refractivity contribution in [3.8, 4) is 11.3 Å². The summed E-state index contributed by atoms with van der Waals surface area (Å²) in [6.07, 6.45) is 0. The minimum Gasteiger partial charge on any atom is -0.350 e. The number of rotatable bonds is 6. The zero-order valence-electron chi connectivity index (χ0n) is 22.4. The first-order valence-corrected chi connectivity index (χ1v) is 13.3. The van der Waals surface area contributed by atoms with Gasteiger partial charge in [0, 0.05) is 35.6 Å². The highest BCUT2D eigenvalue weighted by molar-refractivity contribution is 6.04. The van der Waals surface area contributed by atoms with E-state index >= 15 is 0 Å². The van der Waals surface area contributed by atoms with Crippen LogP contribution in [0.5, 0.6) is 0 Å². The Hall–Kier alpha value is -4.64. The van der Waals surface area contributed by atoms with Gasteiger partial charge in [-0.15, -0.1) is 0 Å². The molecule has 2 heterocycles. The van der Waals surface area contributed by atoms with E-state index in [1.54, 1.807) is 4.90 Å². The Balaban J connectivity index is 1.50. The number of amides is 2. The Morgan fingerprint density at radius 3 is 2.31 bits per heavy atom. The molecular weight excluding hydrogens is 482 g/mol. The molecule has 5 nitrogen and oxygen atoms in total. The molecule has 0 saturated carbocycles. The highest BCUT2D eigenvalue weighted by Crippen LogP contribution is 2.47. The number of para-hydroxylation sites is 1. The summed E-state index contributed by atoms with van der Waals surface area (Å²) in [5.74, 6) is -0.303. The highest BCUT2D eigenvalue weighted by Gasteiger charge is 2.44. The minimum absolute atomic E-state index is 0.124. The predicted molar refractivity (Wildman–Crippen MR) is 155 cm³/mol. The highest BCUT2D eigenvalue weighted by atomic mass is 16.2. The lowest BCUT2D eigenvalue weighted by Gasteiger charge is -2.31. The van der Waals surface area contributed by atoms with E-state index < -0.39 is 12.1 Å². The number of aryl methyl sites for hydroxylation is 2. The number of nitrogens with one attached hydrogen (secondary N) is 1. The van der Waals surface area contributed by atoms with Crippen LogP contribution in [0.1, 0.15) is 45.6 Å². The molecule has 2 unspecified atom stereocenters. The fraction of sp³-hybridized carbons (Fsp3) is 0.176. The van der Waals surface area contributed by atoms with E-state index in [2.05, 4.69) is 60.3 Å². The molecule has 1 aliphatic heterocycles. The molecule has 0 spiro atoms. The van der Waals surface area contributed by atoms with E-state index in [0.717, 1.165) is 38.9 Å². The monoisotopic (exact) mass is 513 g/mol. The minimum atomic E-state index is -0.677. The van der Waals surface area contributed by atoms with Gasteiger partial charge in [-0.2, -0.15) is 0 Å². The molecule has 1 aliphatic rings. The summed E-state index contributed by atoms with van der Waals surface area (Å²) in [7, 11) is 2.07. The van der Waals surface area contributed by atoms with Crippen molar-refractivity contribution in [3.63, 3.8) is 0 Å². The Bertz CT molecular complexity index is 1690. The zero-order valence-corrected chi connectivity index (χ0v) is 22.4.